The zero-order valence-electron chi connectivity index (χ0n) is 13.8. The van der Waals surface area contributed by atoms with Gasteiger partial charge >= 0.3 is 5.69 Å². The summed E-state index contributed by atoms with van der Waals surface area (Å²) in [4.78, 5) is 22.2. The van der Waals surface area contributed by atoms with Gasteiger partial charge in [-0.2, -0.15) is 5.10 Å². The van der Waals surface area contributed by atoms with Gasteiger partial charge in [0.25, 0.3) is 0 Å². The number of halogens is 1. The molecule has 1 amide bonds. The molecule has 2 aromatic carbocycles. The number of amides is 1. The molecule has 2 N–H and O–H groups in total. The van der Waals surface area contributed by atoms with Gasteiger partial charge in [-0.1, -0.05) is 22.0 Å². The van der Waals surface area contributed by atoms with Crippen LogP contribution in [0, 0.1) is 10.1 Å². The molecular formula is C17H14BrN3O6. The lowest BCUT2D eigenvalue weighted by Gasteiger charge is -2.18. The van der Waals surface area contributed by atoms with Gasteiger partial charge in [-0.15, -0.1) is 0 Å². The minimum Gasteiger partial charge on any atom is -0.502 e. The summed E-state index contributed by atoms with van der Waals surface area (Å²) >= 11 is 3.12. The fraction of sp³-hybridized carbons (Fsp3) is 0.176. The number of fused-ring (bicyclic) bond motifs is 1. The fourth-order valence-corrected chi connectivity index (χ4v) is 2.90. The first kappa shape index (κ1) is 18.6. The Labute approximate surface area is 161 Å². The summed E-state index contributed by atoms with van der Waals surface area (Å²) in [6.45, 7) is 0.942. The topological polar surface area (TPSA) is 123 Å². The van der Waals surface area contributed by atoms with Gasteiger partial charge in [0.05, 0.1) is 17.6 Å². The lowest BCUT2D eigenvalue weighted by Crippen LogP contribution is -2.20. The molecular weight excluding hydrogens is 422 g/mol. The molecule has 140 valence electrons. The van der Waals surface area contributed by atoms with Gasteiger partial charge in [-0.05, 0) is 23.8 Å². The SMILES string of the molecule is O=C(Cc1ccc2c(c1)OCCO2)N/N=C/c1cc(Br)cc([N+](=O)[O-])c1O. The van der Waals surface area contributed by atoms with Crippen molar-refractivity contribution in [2.24, 2.45) is 5.10 Å². The van der Waals surface area contributed by atoms with Crippen LogP contribution in [0.5, 0.6) is 17.2 Å². The zero-order chi connectivity index (χ0) is 19.4. The predicted octanol–water partition coefficient (Wildman–Crippen LogP) is 2.53. The third kappa shape index (κ3) is 4.53. The third-order valence-corrected chi connectivity index (χ3v) is 4.10. The van der Waals surface area contributed by atoms with Gasteiger partial charge in [0.1, 0.15) is 13.2 Å². The van der Waals surface area contributed by atoms with Crippen molar-refractivity contribution in [2.75, 3.05) is 13.2 Å². The molecule has 2 aromatic rings. The predicted molar refractivity (Wildman–Crippen MR) is 99.3 cm³/mol. The van der Waals surface area contributed by atoms with Crippen molar-refractivity contribution in [2.45, 2.75) is 6.42 Å². The number of benzene rings is 2. The molecule has 1 heterocycles. The summed E-state index contributed by atoms with van der Waals surface area (Å²) in [6, 6.07) is 7.83. The van der Waals surface area contributed by atoms with Crippen molar-refractivity contribution in [1.29, 1.82) is 0 Å². The monoisotopic (exact) mass is 435 g/mol. The normalized spacial score (nSPS) is 12.8. The fourth-order valence-electron chi connectivity index (χ4n) is 2.44. The molecule has 0 aromatic heterocycles. The number of carbonyl (C=O) groups excluding carboxylic acids is 1. The molecule has 27 heavy (non-hydrogen) atoms. The van der Waals surface area contributed by atoms with Crippen LogP contribution in [0.4, 0.5) is 5.69 Å². The number of ether oxygens (including phenoxy) is 2. The highest BCUT2D eigenvalue weighted by molar-refractivity contribution is 9.10. The van der Waals surface area contributed by atoms with Crippen molar-refractivity contribution in [3.8, 4) is 17.2 Å². The number of rotatable bonds is 5. The first-order valence-electron chi connectivity index (χ1n) is 7.81. The summed E-state index contributed by atoms with van der Waals surface area (Å²) < 4.78 is 11.3. The molecule has 0 saturated heterocycles. The third-order valence-electron chi connectivity index (χ3n) is 3.64. The smallest absolute Gasteiger partial charge is 0.312 e. The lowest BCUT2D eigenvalue weighted by atomic mass is 10.1. The Morgan fingerprint density at radius 3 is 2.78 bits per heavy atom. The Morgan fingerprint density at radius 1 is 1.30 bits per heavy atom. The molecule has 9 nitrogen and oxygen atoms in total. The van der Waals surface area contributed by atoms with Crippen LogP contribution in [-0.2, 0) is 11.2 Å². The number of phenols is 1. The van der Waals surface area contributed by atoms with Crippen LogP contribution in [0.25, 0.3) is 0 Å². The van der Waals surface area contributed by atoms with E-state index in [0.717, 1.165) is 6.21 Å². The minimum absolute atomic E-state index is 0.0542. The second-order valence-corrected chi connectivity index (χ2v) is 6.48. The quantitative estimate of drug-likeness (QED) is 0.422. The van der Waals surface area contributed by atoms with Crippen LogP contribution in [0.2, 0.25) is 0 Å². The highest BCUT2D eigenvalue weighted by Crippen LogP contribution is 2.32. The van der Waals surface area contributed by atoms with Gasteiger partial charge in [-0.25, -0.2) is 5.43 Å². The molecule has 0 bridgehead atoms. The highest BCUT2D eigenvalue weighted by atomic mass is 79.9. The highest BCUT2D eigenvalue weighted by Gasteiger charge is 2.18. The number of nitrogens with one attached hydrogen (secondary N) is 1. The van der Waals surface area contributed by atoms with E-state index in [4.69, 9.17) is 9.47 Å². The maximum atomic E-state index is 12.0. The van der Waals surface area contributed by atoms with E-state index >= 15 is 0 Å². The number of hydrogen-bond donors (Lipinski definition) is 2. The molecule has 0 unspecified atom stereocenters. The van der Waals surface area contributed by atoms with Gasteiger partial charge in [0.15, 0.2) is 11.5 Å². The summed E-state index contributed by atoms with van der Waals surface area (Å²) in [5, 5.41) is 24.6. The van der Waals surface area contributed by atoms with Crippen LogP contribution >= 0.6 is 15.9 Å². The summed E-state index contributed by atoms with van der Waals surface area (Å²) in [5.74, 6) is 0.288. The lowest BCUT2D eigenvalue weighted by molar-refractivity contribution is -0.385. The van der Waals surface area contributed by atoms with E-state index in [0.29, 0.717) is 34.7 Å². The van der Waals surface area contributed by atoms with E-state index < -0.39 is 22.3 Å². The van der Waals surface area contributed by atoms with Gasteiger partial charge in [0, 0.05) is 16.1 Å². The number of aromatic hydroxyl groups is 1. The van der Waals surface area contributed by atoms with Crippen LogP contribution in [-0.4, -0.2) is 35.4 Å². The van der Waals surface area contributed by atoms with Crippen molar-refractivity contribution in [3.63, 3.8) is 0 Å². The molecule has 0 saturated carbocycles. The number of phenolic OH excluding ortho intramolecular Hbond substituents is 1. The molecule has 10 heteroatoms. The summed E-state index contributed by atoms with van der Waals surface area (Å²) in [6.07, 6.45) is 1.19. The summed E-state index contributed by atoms with van der Waals surface area (Å²) in [5.41, 5.74) is 2.66. The van der Waals surface area contributed by atoms with E-state index in [-0.39, 0.29) is 12.0 Å². The second-order valence-electron chi connectivity index (χ2n) is 5.57. The van der Waals surface area contributed by atoms with E-state index in [1.807, 2.05) is 0 Å². The van der Waals surface area contributed by atoms with Gasteiger partial charge in [-0.3, -0.25) is 14.9 Å². The molecule has 0 atom stereocenters. The zero-order valence-corrected chi connectivity index (χ0v) is 15.4. The first-order valence-corrected chi connectivity index (χ1v) is 8.60. The Morgan fingerprint density at radius 2 is 2.04 bits per heavy atom. The molecule has 0 radical (unpaired) electrons. The minimum atomic E-state index is -0.710. The molecule has 1 aliphatic heterocycles. The number of carbonyl (C=O) groups is 1. The van der Waals surface area contributed by atoms with Crippen molar-refractivity contribution < 1.29 is 24.3 Å². The Kier molecular flexibility index (Phi) is 5.55. The summed E-state index contributed by atoms with van der Waals surface area (Å²) in [7, 11) is 0. The van der Waals surface area contributed by atoms with Crippen LogP contribution in [0.15, 0.2) is 39.9 Å². The van der Waals surface area contributed by atoms with E-state index in [9.17, 15) is 20.0 Å². The average Bonchev–Trinajstić information content (AvgIpc) is 2.64. The first-order chi connectivity index (χ1) is 12.9. The largest absolute Gasteiger partial charge is 0.502 e. The van der Waals surface area contributed by atoms with Crippen LogP contribution in [0.1, 0.15) is 11.1 Å². The maximum Gasteiger partial charge on any atom is 0.312 e. The Balaban J connectivity index is 1.65. The number of nitro groups is 1. The van der Waals surface area contributed by atoms with Gasteiger partial charge < -0.3 is 14.6 Å². The number of hydrogen-bond acceptors (Lipinski definition) is 7. The van der Waals surface area contributed by atoms with Crippen molar-refractivity contribution in [3.05, 3.63) is 56.0 Å². The van der Waals surface area contributed by atoms with Gasteiger partial charge in [0.2, 0.25) is 11.7 Å². The van der Waals surface area contributed by atoms with Crippen molar-refractivity contribution >= 4 is 33.7 Å². The maximum absolute atomic E-state index is 12.0. The standard InChI is InChI=1S/C17H14BrN3O6/c18-12-7-11(17(23)13(8-12)21(24)25)9-19-20-16(22)6-10-1-2-14-15(5-10)27-4-3-26-14/h1-2,5,7-9,23H,3-4,6H2,(H,20,22)/b19-9+. The van der Waals surface area contributed by atoms with E-state index in [1.165, 1.54) is 12.1 Å². The average molecular weight is 436 g/mol. The van der Waals surface area contributed by atoms with E-state index in [1.54, 1.807) is 18.2 Å². The molecule has 0 spiro atoms. The second kappa shape index (κ2) is 8.04. The van der Waals surface area contributed by atoms with Crippen LogP contribution in [0.3, 0.4) is 0 Å². The number of nitrogens with zero attached hydrogens (tertiary/aromatic N) is 2. The molecule has 0 fully saturated rings. The molecule has 3 rings (SSSR count). The number of hydrazone groups is 1. The van der Waals surface area contributed by atoms with Crippen LogP contribution < -0.4 is 14.9 Å². The van der Waals surface area contributed by atoms with Crippen molar-refractivity contribution in [1.82, 2.24) is 5.43 Å². The molecule has 0 aliphatic carbocycles. The Bertz CT molecular complexity index is 931. The van der Waals surface area contributed by atoms with E-state index in [2.05, 4.69) is 26.5 Å². The Hall–Kier alpha value is -3.14. The number of nitro benzene ring substituents is 1. The molecule has 1 aliphatic rings.